The Labute approximate surface area is 93.9 Å². The van der Waals surface area contributed by atoms with E-state index in [1.807, 2.05) is 0 Å². The summed E-state index contributed by atoms with van der Waals surface area (Å²) in [5.74, 6) is -1.42. The van der Waals surface area contributed by atoms with Crippen molar-refractivity contribution in [2.75, 3.05) is 6.54 Å². The third kappa shape index (κ3) is 8.19. The molecule has 0 saturated heterocycles. The Balaban J connectivity index is -0.000000405. The van der Waals surface area contributed by atoms with Crippen LogP contribution in [0.25, 0.3) is 0 Å². The van der Waals surface area contributed by atoms with Gasteiger partial charge in [0.2, 0.25) is 5.91 Å². The van der Waals surface area contributed by atoms with E-state index in [-0.39, 0.29) is 43.4 Å². The molecule has 0 aromatic heterocycles. The number of thiol groups is 1. The van der Waals surface area contributed by atoms with E-state index in [1.165, 1.54) is 0 Å². The molecule has 0 fully saturated rings. The van der Waals surface area contributed by atoms with Crippen molar-refractivity contribution in [2.24, 2.45) is 0 Å². The molecule has 0 aromatic rings. The number of amides is 1. The average molecular weight is 187 g/mol. The molecule has 0 bridgehead atoms. The van der Waals surface area contributed by atoms with Crippen molar-refractivity contribution in [3.05, 3.63) is 0 Å². The van der Waals surface area contributed by atoms with Crippen LogP contribution in [0.15, 0.2) is 0 Å². The molecule has 60 valence electrons. The Morgan fingerprint density at radius 2 is 2.18 bits per heavy atom. The number of aliphatic carboxylic acids is 1. The van der Waals surface area contributed by atoms with Gasteiger partial charge >= 0.3 is 35.5 Å². The minimum atomic E-state index is -1.05. The summed E-state index contributed by atoms with van der Waals surface area (Å²) in [5.41, 5.74) is 0. The summed E-state index contributed by atoms with van der Waals surface area (Å²) < 4.78 is 0. The molecule has 6 heteroatoms. The van der Waals surface area contributed by atoms with Gasteiger partial charge in [-0.15, -0.1) is 0 Å². The van der Waals surface area contributed by atoms with Crippen LogP contribution in [0.3, 0.4) is 0 Å². The molecule has 0 aromatic carbocycles. The van der Waals surface area contributed by atoms with E-state index in [1.54, 1.807) is 6.92 Å². The summed E-state index contributed by atoms with van der Waals surface area (Å²) in [6.07, 6.45) is 0. The third-order valence-electron chi connectivity index (χ3n) is 0.793. The second-order valence-electron chi connectivity index (χ2n) is 1.79. The number of carbonyl (C=O) groups excluding carboxylic acids is 1. The van der Waals surface area contributed by atoms with Gasteiger partial charge in [-0.1, -0.05) is 0 Å². The summed E-state index contributed by atoms with van der Waals surface area (Å²) in [7, 11) is 0. The van der Waals surface area contributed by atoms with Crippen molar-refractivity contribution in [3.63, 3.8) is 0 Å². The fraction of sp³-hybridized carbons (Fsp3) is 0.600. The van der Waals surface area contributed by atoms with Gasteiger partial charge in [-0.2, -0.15) is 12.6 Å². The predicted molar refractivity (Wildman–Crippen MR) is 40.2 cm³/mol. The van der Waals surface area contributed by atoms with Gasteiger partial charge in [-0.05, 0) is 6.92 Å². The first-order valence-electron chi connectivity index (χ1n) is 2.71. The fourth-order valence-electron chi connectivity index (χ4n) is 0.310. The van der Waals surface area contributed by atoms with Crippen LogP contribution in [0.5, 0.6) is 0 Å². The van der Waals surface area contributed by atoms with Crippen LogP contribution in [-0.2, 0) is 9.59 Å². The molecule has 4 nitrogen and oxygen atoms in total. The molecule has 1 amide bonds. The van der Waals surface area contributed by atoms with Crippen molar-refractivity contribution in [1.29, 1.82) is 0 Å². The van der Waals surface area contributed by atoms with E-state index in [4.69, 9.17) is 5.11 Å². The smallest absolute Gasteiger partial charge is 1.00 e. The molecule has 0 aliphatic carbocycles. The molecule has 0 heterocycles. The first-order valence-corrected chi connectivity index (χ1v) is 3.23. The molecule has 0 aliphatic rings. The van der Waals surface area contributed by atoms with Gasteiger partial charge in [-0.3, -0.25) is 9.59 Å². The van der Waals surface area contributed by atoms with Crippen LogP contribution in [0.2, 0.25) is 0 Å². The van der Waals surface area contributed by atoms with E-state index >= 15 is 0 Å². The Morgan fingerprint density at radius 1 is 1.73 bits per heavy atom. The zero-order valence-corrected chi connectivity index (χ0v) is 9.39. The number of hydrogen-bond acceptors (Lipinski definition) is 3. The van der Waals surface area contributed by atoms with Gasteiger partial charge < -0.3 is 11.8 Å². The molecule has 0 rings (SSSR count). The van der Waals surface area contributed by atoms with Gasteiger partial charge in [0, 0.05) is 0 Å². The zero-order chi connectivity index (χ0) is 8.15. The van der Waals surface area contributed by atoms with Crippen LogP contribution in [0, 0.1) is 0 Å². The molecule has 0 saturated carbocycles. The monoisotopic (exact) mass is 187 g/mol. The first kappa shape index (κ1) is 13.9. The molecule has 2 N–H and O–H groups in total. The summed E-state index contributed by atoms with van der Waals surface area (Å²) in [6.45, 7) is 1.23. The maximum Gasteiger partial charge on any atom is 1.00 e. The second kappa shape index (κ2) is 6.97. The Kier molecular flexibility index (Phi) is 8.77. The topological polar surface area (TPSA) is 66.4 Å². The summed E-state index contributed by atoms with van der Waals surface area (Å²) in [4.78, 5) is 20.5. The van der Waals surface area contributed by atoms with Gasteiger partial charge in [0.1, 0.15) is 6.54 Å². The minimum Gasteiger partial charge on any atom is -1.00 e. The van der Waals surface area contributed by atoms with E-state index < -0.39 is 11.2 Å². The maximum atomic E-state index is 10.6. The van der Waals surface area contributed by atoms with Crippen molar-refractivity contribution in [2.45, 2.75) is 12.2 Å². The van der Waals surface area contributed by atoms with E-state index in [2.05, 4.69) is 17.9 Å². The van der Waals surface area contributed by atoms with Gasteiger partial charge in [0.25, 0.3) is 0 Å². The third-order valence-corrected chi connectivity index (χ3v) is 1.03. The standard InChI is InChI=1S/C5H9NO3S.Na.H/c1-3(10)5(9)6-2-4(7)8;;/h3,10H,2H2,1H3,(H,6,9)(H,7,8);;/q;+1;-1/t3-;;/m0../s1. The number of carboxylic acids is 1. The first-order chi connectivity index (χ1) is 4.54. The largest absolute Gasteiger partial charge is 1.00 e. The summed E-state index contributed by atoms with van der Waals surface area (Å²) in [5, 5.41) is 9.81. The summed E-state index contributed by atoms with van der Waals surface area (Å²) >= 11 is 3.79. The van der Waals surface area contributed by atoms with Crippen LogP contribution >= 0.6 is 12.6 Å². The van der Waals surface area contributed by atoms with E-state index in [0.717, 1.165) is 0 Å². The van der Waals surface area contributed by atoms with Crippen LogP contribution in [0.4, 0.5) is 0 Å². The predicted octanol–water partition coefficient (Wildman–Crippen LogP) is -3.38. The quantitative estimate of drug-likeness (QED) is 0.319. The molecular weight excluding hydrogens is 177 g/mol. The number of carbonyl (C=O) groups is 2. The maximum absolute atomic E-state index is 10.6. The Hall–Kier alpha value is 0.290. The molecule has 1 atom stereocenters. The number of carboxylic acid groups (broad SMARTS) is 1. The Bertz CT molecular complexity index is 156. The van der Waals surface area contributed by atoms with Gasteiger partial charge in [0.15, 0.2) is 0 Å². The second-order valence-corrected chi connectivity index (χ2v) is 2.56. The Morgan fingerprint density at radius 3 is 2.45 bits per heavy atom. The van der Waals surface area contributed by atoms with Crippen molar-refractivity contribution in [3.8, 4) is 0 Å². The van der Waals surface area contributed by atoms with Crippen LogP contribution < -0.4 is 34.9 Å². The molecule has 0 aliphatic heterocycles. The number of nitrogens with one attached hydrogen (secondary N) is 1. The van der Waals surface area contributed by atoms with Crippen LogP contribution in [0.1, 0.15) is 8.35 Å². The van der Waals surface area contributed by atoms with E-state index in [0.29, 0.717) is 0 Å². The zero-order valence-electron chi connectivity index (χ0n) is 7.50. The summed E-state index contributed by atoms with van der Waals surface area (Å²) in [6, 6.07) is 0. The van der Waals surface area contributed by atoms with Crippen molar-refractivity contribution in [1.82, 2.24) is 5.32 Å². The molecular formula is C5H10NNaO3S. The minimum absolute atomic E-state index is 0. The van der Waals surface area contributed by atoms with E-state index in [9.17, 15) is 9.59 Å². The molecule has 0 radical (unpaired) electrons. The van der Waals surface area contributed by atoms with Gasteiger partial charge in [0.05, 0.1) is 5.25 Å². The number of hydrogen-bond donors (Lipinski definition) is 3. The SMILES string of the molecule is C[C@H](S)C(=O)NCC(=O)O.[H-].[Na+]. The number of rotatable bonds is 3. The van der Waals surface area contributed by atoms with Crippen molar-refractivity contribution < 1.29 is 45.7 Å². The normalized spacial score (nSPS) is 11.1. The van der Waals surface area contributed by atoms with Crippen LogP contribution in [-0.4, -0.2) is 28.8 Å². The van der Waals surface area contributed by atoms with Crippen molar-refractivity contribution >= 4 is 24.5 Å². The average Bonchev–Trinajstić information content (AvgIpc) is 1.82. The molecule has 0 unspecified atom stereocenters. The fourth-order valence-corrected chi connectivity index (χ4v) is 0.402. The van der Waals surface area contributed by atoms with Gasteiger partial charge in [-0.25, -0.2) is 0 Å². The molecule has 0 spiro atoms. The molecule has 11 heavy (non-hydrogen) atoms.